The molecule has 3 nitrogen and oxygen atoms in total. The van der Waals surface area contributed by atoms with Crippen LogP contribution in [0.5, 0.6) is 0 Å². The van der Waals surface area contributed by atoms with Gasteiger partial charge in [0.15, 0.2) is 0 Å². The van der Waals surface area contributed by atoms with Gasteiger partial charge in [0.05, 0.1) is 27.5 Å². The maximum Gasteiger partial charge on any atom is 0.143 e. The molecule has 0 atom stereocenters. The summed E-state index contributed by atoms with van der Waals surface area (Å²) in [5.74, 6) is -0.559. The molecule has 0 heterocycles. The van der Waals surface area contributed by atoms with Crippen LogP contribution in [0, 0.1) is 5.82 Å². The molecule has 0 aromatic heterocycles. The lowest BCUT2D eigenvalue weighted by atomic mass is 9.85. The first-order chi connectivity index (χ1) is 7.54. The molecule has 0 radical (unpaired) electrons. The van der Waals surface area contributed by atoms with Gasteiger partial charge in [0.1, 0.15) is 5.82 Å². The second-order valence-electron chi connectivity index (χ2n) is 5.16. The van der Waals surface area contributed by atoms with E-state index in [1.54, 1.807) is 13.8 Å². The van der Waals surface area contributed by atoms with Crippen LogP contribution in [0.3, 0.4) is 0 Å². The largest absolute Gasteiger partial charge is 0.397 e. The number of hydrogen-bond acceptors (Lipinski definition) is 3. The van der Waals surface area contributed by atoms with Gasteiger partial charge in [0.2, 0.25) is 0 Å². The van der Waals surface area contributed by atoms with Gasteiger partial charge in [-0.1, -0.05) is 11.6 Å². The first kappa shape index (κ1) is 14.1. The van der Waals surface area contributed by atoms with E-state index < -0.39 is 17.0 Å². The Hall–Kier alpha value is -1.00. The van der Waals surface area contributed by atoms with Gasteiger partial charge in [-0.05, 0) is 33.8 Å². The highest BCUT2D eigenvalue weighted by molar-refractivity contribution is 6.31. The molecule has 0 aliphatic heterocycles. The highest BCUT2D eigenvalue weighted by Crippen LogP contribution is 2.32. The van der Waals surface area contributed by atoms with Gasteiger partial charge in [-0.25, -0.2) is 4.39 Å². The molecular formula is C12H18ClFN2O. The number of rotatable bonds is 3. The van der Waals surface area contributed by atoms with Crippen molar-refractivity contribution < 1.29 is 9.50 Å². The molecule has 1 aromatic carbocycles. The minimum absolute atomic E-state index is 0.00625. The molecule has 0 spiro atoms. The Bertz CT molecular complexity index is 427. The summed E-state index contributed by atoms with van der Waals surface area (Å²) in [6.45, 7) is 7.01. The second-order valence-corrected chi connectivity index (χ2v) is 5.57. The molecule has 96 valence electrons. The van der Waals surface area contributed by atoms with Crippen molar-refractivity contribution in [3.8, 4) is 0 Å². The quantitative estimate of drug-likeness (QED) is 0.732. The number of nitrogen functional groups attached to an aromatic ring is 1. The van der Waals surface area contributed by atoms with Crippen LogP contribution in [0.4, 0.5) is 15.8 Å². The van der Waals surface area contributed by atoms with E-state index >= 15 is 0 Å². The molecule has 0 bridgehead atoms. The number of anilines is 2. The molecule has 1 aromatic rings. The van der Waals surface area contributed by atoms with Gasteiger partial charge in [-0.15, -0.1) is 0 Å². The summed E-state index contributed by atoms with van der Waals surface area (Å²) in [4.78, 5) is 0. The van der Waals surface area contributed by atoms with Crippen molar-refractivity contribution in [1.29, 1.82) is 0 Å². The van der Waals surface area contributed by atoms with Crippen LogP contribution in [0.2, 0.25) is 5.02 Å². The summed E-state index contributed by atoms with van der Waals surface area (Å²) in [5, 5.41) is 13.1. The van der Waals surface area contributed by atoms with Crippen LogP contribution in [-0.2, 0) is 0 Å². The van der Waals surface area contributed by atoms with E-state index in [9.17, 15) is 9.50 Å². The van der Waals surface area contributed by atoms with E-state index in [1.165, 1.54) is 6.07 Å². The van der Waals surface area contributed by atoms with Gasteiger partial charge >= 0.3 is 0 Å². The van der Waals surface area contributed by atoms with E-state index in [0.29, 0.717) is 5.69 Å². The topological polar surface area (TPSA) is 58.3 Å². The number of nitrogens with one attached hydrogen (secondary N) is 1. The Morgan fingerprint density at radius 2 is 1.82 bits per heavy atom. The summed E-state index contributed by atoms with van der Waals surface area (Å²) in [7, 11) is 0. The fourth-order valence-electron chi connectivity index (χ4n) is 1.16. The number of nitrogens with two attached hydrogens (primary N) is 1. The molecule has 4 N–H and O–H groups in total. The Balaban J connectivity index is 3.08. The third-order valence-corrected chi connectivity index (χ3v) is 3.36. The van der Waals surface area contributed by atoms with E-state index in [4.69, 9.17) is 17.3 Å². The monoisotopic (exact) mass is 260 g/mol. The van der Waals surface area contributed by atoms with Gasteiger partial charge in [0.25, 0.3) is 0 Å². The first-order valence-corrected chi connectivity index (χ1v) is 5.67. The molecule has 5 heteroatoms. The predicted molar refractivity (Wildman–Crippen MR) is 69.8 cm³/mol. The van der Waals surface area contributed by atoms with Crippen molar-refractivity contribution >= 4 is 23.0 Å². The Labute approximate surface area is 106 Å². The lowest BCUT2D eigenvalue weighted by molar-refractivity contribution is 0.0241. The van der Waals surface area contributed by atoms with Crippen molar-refractivity contribution in [2.24, 2.45) is 0 Å². The van der Waals surface area contributed by atoms with E-state index in [1.807, 2.05) is 13.8 Å². The van der Waals surface area contributed by atoms with Gasteiger partial charge < -0.3 is 16.2 Å². The van der Waals surface area contributed by atoms with Crippen LogP contribution in [-0.4, -0.2) is 16.2 Å². The molecule has 0 saturated heterocycles. The average Bonchev–Trinajstić information content (AvgIpc) is 2.12. The van der Waals surface area contributed by atoms with Crippen molar-refractivity contribution in [3.63, 3.8) is 0 Å². The summed E-state index contributed by atoms with van der Waals surface area (Å²) in [6.07, 6.45) is 0. The fraction of sp³-hybridized carbons (Fsp3) is 0.500. The minimum Gasteiger partial charge on any atom is -0.397 e. The van der Waals surface area contributed by atoms with E-state index in [-0.39, 0.29) is 10.7 Å². The third kappa shape index (κ3) is 3.01. The Kier molecular flexibility index (Phi) is 3.60. The van der Waals surface area contributed by atoms with Crippen LogP contribution in [0.25, 0.3) is 0 Å². The summed E-state index contributed by atoms with van der Waals surface area (Å²) >= 11 is 5.70. The van der Waals surface area contributed by atoms with Crippen molar-refractivity contribution in [2.75, 3.05) is 11.1 Å². The number of halogens is 2. The molecule has 0 unspecified atom stereocenters. The Morgan fingerprint density at radius 1 is 1.29 bits per heavy atom. The maximum atomic E-state index is 13.1. The minimum atomic E-state index is -0.972. The highest BCUT2D eigenvalue weighted by Gasteiger charge is 2.35. The van der Waals surface area contributed by atoms with E-state index in [2.05, 4.69) is 5.32 Å². The second kappa shape index (κ2) is 4.35. The lowest BCUT2D eigenvalue weighted by Gasteiger charge is -2.39. The van der Waals surface area contributed by atoms with E-state index in [0.717, 1.165) is 6.07 Å². The van der Waals surface area contributed by atoms with Crippen LogP contribution in [0.1, 0.15) is 27.7 Å². The maximum absolute atomic E-state index is 13.1. The van der Waals surface area contributed by atoms with Crippen LogP contribution >= 0.6 is 11.6 Å². The zero-order valence-corrected chi connectivity index (χ0v) is 11.2. The zero-order chi connectivity index (χ0) is 13.4. The van der Waals surface area contributed by atoms with Gasteiger partial charge in [-0.3, -0.25) is 0 Å². The van der Waals surface area contributed by atoms with Gasteiger partial charge in [0, 0.05) is 6.07 Å². The van der Waals surface area contributed by atoms with Crippen molar-refractivity contribution in [2.45, 2.75) is 38.8 Å². The molecule has 0 aliphatic rings. The fourth-order valence-corrected chi connectivity index (χ4v) is 1.32. The highest BCUT2D eigenvalue weighted by atomic mass is 35.5. The number of aliphatic hydroxyl groups is 1. The molecule has 0 aliphatic carbocycles. The van der Waals surface area contributed by atoms with Gasteiger partial charge in [-0.2, -0.15) is 0 Å². The number of benzene rings is 1. The third-order valence-electron chi connectivity index (χ3n) is 3.07. The molecule has 1 rings (SSSR count). The van der Waals surface area contributed by atoms with Crippen molar-refractivity contribution in [1.82, 2.24) is 0 Å². The summed E-state index contributed by atoms with van der Waals surface area (Å²) in [6, 6.07) is 2.57. The average molecular weight is 261 g/mol. The molecule has 0 amide bonds. The smallest absolute Gasteiger partial charge is 0.143 e. The predicted octanol–water partition coefficient (Wildman–Crippen LogP) is 3.02. The SMILES string of the molecule is CC(C)(O)C(C)(C)Nc1cc(Cl)c(F)cc1N. The lowest BCUT2D eigenvalue weighted by Crippen LogP contribution is -2.51. The Morgan fingerprint density at radius 3 is 2.29 bits per heavy atom. The first-order valence-electron chi connectivity index (χ1n) is 5.29. The molecule has 17 heavy (non-hydrogen) atoms. The molecule has 0 fully saturated rings. The molecular weight excluding hydrogens is 243 g/mol. The summed E-state index contributed by atoms with van der Waals surface area (Å²) in [5.41, 5.74) is 4.85. The zero-order valence-electron chi connectivity index (χ0n) is 10.4. The summed E-state index contributed by atoms with van der Waals surface area (Å²) < 4.78 is 13.1. The normalized spacial score (nSPS) is 12.6. The molecule has 0 saturated carbocycles. The standard InChI is InChI=1S/C12H18ClFN2O/c1-11(2,12(3,4)17)16-10-5-7(13)8(14)6-9(10)15/h5-6,16-17H,15H2,1-4H3. The van der Waals surface area contributed by atoms with Crippen molar-refractivity contribution in [3.05, 3.63) is 23.0 Å². The number of hydrogen-bond donors (Lipinski definition) is 3. The van der Waals surface area contributed by atoms with Crippen LogP contribution < -0.4 is 11.1 Å². The van der Waals surface area contributed by atoms with Crippen LogP contribution in [0.15, 0.2) is 12.1 Å².